The molecule has 1 aromatic rings. The van der Waals surface area contributed by atoms with Crippen LogP contribution in [0.4, 0.5) is 4.39 Å². The van der Waals surface area contributed by atoms with Crippen LogP contribution >= 0.6 is 11.6 Å². The molecule has 0 bridgehead atoms. The fourth-order valence-corrected chi connectivity index (χ4v) is 1.67. The van der Waals surface area contributed by atoms with Crippen molar-refractivity contribution < 1.29 is 4.39 Å². The van der Waals surface area contributed by atoms with Gasteiger partial charge in [-0.2, -0.15) is 0 Å². The van der Waals surface area contributed by atoms with E-state index in [4.69, 9.17) is 11.6 Å². The molecule has 0 aromatic heterocycles. The number of rotatable bonds is 5. The van der Waals surface area contributed by atoms with Gasteiger partial charge in [-0.1, -0.05) is 25.4 Å². The van der Waals surface area contributed by atoms with E-state index >= 15 is 0 Å². The standard InChI is InChI=1S/C13H19ClFN/c1-4-13(3,5-2)16-9-10-8-11(15)6-7-12(10)14/h6-8,16H,4-5,9H2,1-3H3. The highest BCUT2D eigenvalue weighted by atomic mass is 35.5. The van der Waals surface area contributed by atoms with Crippen LogP contribution in [0, 0.1) is 5.82 Å². The van der Waals surface area contributed by atoms with Crippen LogP contribution in [0.15, 0.2) is 18.2 Å². The molecule has 3 heteroatoms. The molecule has 1 rings (SSSR count). The summed E-state index contributed by atoms with van der Waals surface area (Å²) < 4.78 is 13.0. The van der Waals surface area contributed by atoms with Crippen molar-refractivity contribution in [2.24, 2.45) is 0 Å². The molecule has 0 unspecified atom stereocenters. The van der Waals surface area contributed by atoms with Crippen LogP contribution in [0.3, 0.4) is 0 Å². The quantitative estimate of drug-likeness (QED) is 0.819. The first-order chi connectivity index (χ1) is 7.50. The average Bonchev–Trinajstić information content (AvgIpc) is 2.30. The minimum Gasteiger partial charge on any atom is -0.307 e. The molecular weight excluding hydrogens is 225 g/mol. The van der Waals surface area contributed by atoms with Crippen molar-refractivity contribution in [1.82, 2.24) is 5.32 Å². The molecule has 1 nitrogen and oxygen atoms in total. The van der Waals surface area contributed by atoms with E-state index in [1.165, 1.54) is 12.1 Å². The van der Waals surface area contributed by atoms with E-state index in [1.807, 2.05) is 0 Å². The summed E-state index contributed by atoms with van der Waals surface area (Å²) >= 11 is 6.00. The van der Waals surface area contributed by atoms with Gasteiger partial charge in [-0.05, 0) is 43.5 Å². The van der Waals surface area contributed by atoms with Gasteiger partial charge in [0.05, 0.1) is 0 Å². The molecule has 0 aliphatic rings. The van der Waals surface area contributed by atoms with Crippen molar-refractivity contribution in [2.75, 3.05) is 0 Å². The van der Waals surface area contributed by atoms with Crippen LogP contribution in [-0.2, 0) is 6.54 Å². The first-order valence-corrected chi connectivity index (χ1v) is 6.07. The summed E-state index contributed by atoms with van der Waals surface area (Å²) in [5, 5.41) is 4.04. The molecular formula is C13H19ClFN. The maximum atomic E-state index is 13.0. The molecule has 0 amide bonds. The monoisotopic (exact) mass is 243 g/mol. The fourth-order valence-electron chi connectivity index (χ4n) is 1.49. The lowest BCUT2D eigenvalue weighted by Gasteiger charge is -2.28. The first-order valence-electron chi connectivity index (χ1n) is 5.69. The molecule has 0 saturated heterocycles. The number of halogens is 2. The molecule has 0 heterocycles. The third kappa shape index (κ3) is 3.46. The highest BCUT2D eigenvalue weighted by Gasteiger charge is 2.18. The van der Waals surface area contributed by atoms with E-state index in [1.54, 1.807) is 6.07 Å². The van der Waals surface area contributed by atoms with Crippen LogP contribution in [0.2, 0.25) is 5.02 Å². The molecule has 1 N–H and O–H groups in total. The zero-order valence-electron chi connectivity index (χ0n) is 10.1. The van der Waals surface area contributed by atoms with Crippen molar-refractivity contribution in [3.05, 3.63) is 34.6 Å². The van der Waals surface area contributed by atoms with Gasteiger partial charge in [0, 0.05) is 17.1 Å². The molecule has 16 heavy (non-hydrogen) atoms. The van der Waals surface area contributed by atoms with Crippen LogP contribution in [0.1, 0.15) is 39.2 Å². The Labute approximate surface area is 102 Å². The largest absolute Gasteiger partial charge is 0.307 e. The molecule has 0 radical (unpaired) electrons. The predicted molar refractivity (Wildman–Crippen MR) is 67.2 cm³/mol. The molecule has 0 aliphatic heterocycles. The lowest BCUT2D eigenvalue weighted by molar-refractivity contribution is 0.329. The fraction of sp³-hybridized carbons (Fsp3) is 0.538. The van der Waals surface area contributed by atoms with Crippen LogP contribution in [0.5, 0.6) is 0 Å². The van der Waals surface area contributed by atoms with E-state index in [0.717, 1.165) is 18.4 Å². The van der Waals surface area contributed by atoms with Crippen LogP contribution in [-0.4, -0.2) is 5.54 Å². The van der Waals surface area contributed by atoms with Gasteiger partial charge in [-0.3, -0.25) is 0 Å². The Morgan fingerprint density at radius 3 is 2.50 bits per heavy atom. The minimum atomic E-state index is -0.240. The number of hydrogen-bond donors (Lipinski definition) is 1. The van der Waals surface area contributed by atoms with Gasteiger partial charge >= 0.3 is 0 Å². The normalized spacial score (nSPS) is 11.8. The van der Waals surface area contributed by atoms with E-state index < -0.39 is 0 Å². The molecule has 1 aromatic carbocycles. The number of hydrogen-bond acceptors (Lipinski definition) is 1. The maximum absolute atomic E-state index is 13.0. The maximum Gasteiger partial charge on any atom is 0.123 e. The average molecular weight is 244 g/mol. The summed E-state index contributed by atoms with van der Waals surface area (Å²) in [5.74, 6) is -0.240. The highest BCUT2D eigenvalue weighted by molar-refractivity contribution is 6.31. The number of nitrogens with one attached hydrogen (secondary N) is 1. The smallest absolute Gasteiger partial charge is 0.123 e. The Kier molecular flexibility index (Phi) is 4.75. The lowest BCUT2D eigenvalue weighted by atomic mass is 9.95. The van der Waals surface area contributed by atoms with Crippen molar-refractivity contribution in [3.63, 3.8) is 0 Å². The summed E-state index contributed by atoms with van der Waals surface area (Å²) in [5.41, 5.74) is 0.908. The summed E-state index contributed by atoms with van der Waals surface area (Å²) in [6.07, 6.45) is 2.08. The first kappa shape index (κ1) is 13.5. The topological polar surface area (TPSA) is 12.0 Å². The lowest BCUT2D eigenvalue weighted by Crippen LogP contribution is -2.40. The minimum absolute atomic E-state index is 0.0929. The highest BCUT2D eigenvalue weighted by Crippen LogP contribution is 2.19. The van der Waals surface area contributed by atoms with Crippen molar-refractivity contribution in [1.29, 1.82) is 0 Å². The molecule has 90 valence electrons. The third-order valence-corrected chi connectivity index (χ3v) is 3.64. The van der Waals surface area contributed by atoms with E-state index in [2.05, 4.69) is 26.1 Å². The van der Waals surface area contributed by atoms with Crippen molar-refractivity contribution in [2.45, 2.75) is 45.7 Å². The summed E-state index contributed by atoms with van der Waals surface area (Å²) in [7, 11) is 0. The second kappa shape index (κ2) is 5.65. The van der Waals surface area contributed by atoms with Gasteiger partial charge in [0.2, 0.25) is 0 Å². The Morgan fingerprint density at radius 2 is 1.94 bits per heavy atom. The van der Waals surface area contributed by atoms with E-state index in [0.29, 0.717) is 11.6 Å². The SMILES string of the molecule is CCC(C)(CC)NCc1cc(F)ccc1Cl. The van der Waals surface area contributed by atoms with Gasteiger partial charge in [0.1, 0.15) is 5.82 Å². The Bertz CT molecular complexity index is 348. The summed E-state index contributed by atoms with van der Waals surface area (Å²) in [6.45, 7) is 7.06. The second-order valence-electron chi connectivity index (χ2n) is 4.36. The van der Waals surface area contributed by atoms with E-state index in [9.17, 15) is 4.39 Å². The summed E-state index contributed by atoms with van der Waals surface area (Å²) in [4.78, 5) is 0. The zero-order valence-corrected chi connectivity index (χ0v) is 10.9. The molecule has 0 fully saturated rings. The van der Waals surface area contributed by atoms with Crippen molar-refractivity contribution >= 4 is 11.6 Å². The number of benzene rings is 1. The summed E-state index contributed by atoms with van der Waals surface area (Å²) in [6, 6.07) is 4.47. The Balaban J connectivity index is 2.70. The van der Waals surface area contributed by atoms with E-state index in [-0.39, 0.29) is 11.4 Å². The molecule has 0 atom stereocenters. The molecule has 0 saturated carbocycles. The van der Waals surface area contributed by atoms with Crippen molar-refractivity contribution in [3.8, 4) is 0 Å². The van der Waals surface area contributed by atoms with Gasteiger partial charge in [-0.25, -0.2) is 4.39 Å². The van der Waals surface area contributed by atoms with Gasteiger partial charge in [0.15, 0.2) is 0 Å². The van der Waals surface area contributed by atoms with Gasteiger partial charge in [-0.15, -0.1) is 0 Å². The Morgan fingerprint density at radius 1 is 1.31 bits per heavy atom. The van der Waals surface area contributed by atoms with Crippen LogP contribution in [0.25, 0.3) is 0 Å². The predicted octanol–water partition coefficient (Wildman–Crippen LogP) is 4.15. The van der Waals surface area contributed by atoms with Gasteiger partial charge < -0.3 is 5.32 Å². The van der Waals surface area contributed by atoms with Gasteiger partial charge in [0.25, 0.3) is 0 Å². The molecule has 0 aliphatic carbocycles. The zero-order chi connectivity index (χ0) is 12.2. The second-order valence-corrected chi connectivity index (χ2v) is 4.76. The van der Waals surface area contributed by atoms with Crippen LogP contribution < -0.4 is 5.32 Å². The third-order valence-electron chi connectivity index (χ3n) is 3.27. The molecule has 0 spiro atoms. The Hall–Kier alpha value is -0.600.